The number of phenols is 1. The van der Waals surface area contributed by atoms with Gasteiger partial charge < -0.3 is 5.11 Å². The summed E-state index contributed by atoms with van der Waals surface area (Å²) in [5.41, 5.74) is 2.67. The third kappa shape index (κ3) is 4.50. The number of benzene rings is 3. The third-order valence-electron chi connectivity index (χ3n) is 4.18. The molecule has 0 aliphatic carbocycles. The van der Waals surface area contributed by atoms with E-state index < -0.39 is 0 Å². The van der Waals surface area contributed by atoms with Gasteiger partial charge in [-0.2, -0.15) is 0 Å². The molecule has 3 aromatic rings. The molecule has 0 fully saturated rings. The standard InChI is InChI=1S/C21H17Cl3OS/c1-13-18(23)12-15(21(25)20(13)24)7-6-14-4-2-3-5-19(14)26-17-10-8-16(22)9-11-17/h2-5,8-12,25H,6-7H2,1H3. The first-order valence-electron chi connectivity index (χ1n) is 8.13. The van der Waals surface area contributed by atoms with Crippen LogP contribution in [0.4, 0.5) is 0 Å². The van der Waals surface area contributed by atoms with Crippen molar-refractivity contribution in [1.29, 1.82) is 0 Å². The van der Waals surface area contributed by atoms with Crippen molar-refractivity contribution in [1.82, 2.24) is 0 Å². The Balaban J connectivity index is 1.80. The molecule has 0 heterocycles. The summed E-state index contributed by atoms with van der Waals surface area (Å²) in [4.78, 5) is 2.31. The van der Waals surface area contributed by atoms with Gasteiger partial charge in [-0.1, -0.05) is 64.8 Å². The predicted molar refractivity (Wildman–Crippen MR) is 112 cm³/mol. The first-order valence-corrected chi connectivity index (χ1v) is 10.1. The molecule has 0 aliphatic heterocycles. The predicted octanol–water partition coefficient (Wildman–Crippen LogP) is 7.60. The van der Waals surface area contributed by atoms with Crippen molar-refractivity contribution >= 4 is 46.6 Å². The lowest BCUT2D eigenvalue weighted by Crippen LogP contribution is -1.96. The van der Waals surface area contributed by atoms with E-state index in [0.717, 1.165) is 21.9 Å². The minimum Gasteiger partial charge on any atom is -0.506 e. The van der Waals surface area contributed by atoms with Gasteiger partial charge in [0.2, 0.25) is 0 Å². The molecule has 0 aliphatic rings. The largest absolute Gasteiger partial charge is 0.506 e. The Kier molecular flexibility index (Phi) is 6.42. The van der Waals surface area contributed by atoms with Gasteiger partial charge in [-0.3, -0.25) is 0 Å². The molecular formula is C21H17Cl3OS. The molecular weight excluding hydrogens is 407 g/mol. The van der Waals surface area contributed by atoms with E-state index in [-0.39, 0.29) is 5.75 Å². The van der Waals surface area contributed by atoms with Crippen LogP contribution in [0.25, 0.3) is 0 Å². The van der Waals surface area contributed by atoms with Crippen LogP contribution in [0.1, 0.15) is 16.7 Å². The normalized spacial score (nSPS) is 10.9. The van der Waals surface area contributed by atoms with E-state index in [2.05, 4.69) is 12.1 Å². The molecule has 0 saturated carbocycles. The zero-order chi connectivity index (χ0) is 18.7. The van der Waals surface area contributed by atoms with Crippen molar-refractivity contribution in [2.45, 2.75) is 29.6 Å². The van der Waals surface area contributed by atoms with Gasteiger partial charge in [0.05, 0.1) is 5.02 Å². The van der Waals surface area contributed by atoms with Gasteiger partial charge in [0, 0.05) is 19.8 Å². The van der Waals surface area contributed by atoms with E-state index in [4.69, 9.17) is 34.8 Å². The Bertz CT molecular complexity index is 923. The Hall–Kier alpha value is -1.32. The van der Waals surface area contributed by atoms with Gasteiger partial charge in [0.15, 0.2) is 0 Å². The van der Waals surface area contributed by atoms with Gasteiger partial charge in [0.1, 0.15) is 5.75 Å². The van der Waals surface area contributed by atoms with Crippen molar-refractivity contribution in [3.05, 3.63) is 86.4 Å². The highest BCUT2D eigenvalue weighted by Crippen LogP contribution is 2.37. The second kappa shape index (κ2) is 8.58. The van der Waals surface area contributed by atoms with E-state index in [1.807, 2.05) is 36.4 Å². The van der Waals surface area contributed by atoms with Gasteiger partial charge >= 0.3 is 0 Å². The summed E-state index contributed by atoms with van der Waals surface area (Å²) in [7, 11) is 0. The molecule has 0 spiro atoms. The lowest BCUT2D eigenvalue weighted by atomic mass is 10.0. The van der Waals surface area contributed by atoms with Crippen molar-refractivity contribution in [3.63, 3.8) is 0 Å². The topological polar surface area (TPSA) is 20.2 Å². The maximum absolute atomic E-state index is 10.3. The van der Waals surface area contributed by atoms with E-state index in [9.17, 15) is 5.11 Å². The van der Waals surface area contributed by atoms with E-state index in [1.54, 1.807) is 24.8 Å². The van der Waals surface area contributed by atoms with E-state index in [1.165, 1.54) is 10.5 Å². The summed E-state index contributed by atoms with van der Waals surface area (Å²) in [6, 6.07) is 17.9. The molecule has 0 saturated heterocycles. The Morgan fingerprint density at radius 2 is 1.54 bits per heavy atom. The minimum atomic E-state index is 0.122. The van der Waals surface area contributed by atoms with Crippen molar-refractivity contribution < 1.29 is 5.11 Å². The lowest BCUT2D eigenvalue weighted by molar-refractivity contribution is 0.467. The van der Waals surface area contributed by atoms with Crippen LogP contribution in [0.3, 0.4) is 0 Å². The Labute approximate surface area is 172 Å². The maximum atomic E-state index is 10.3. The third-order valence-corrected chi connectivity index (χ3v) is 6.41. The summed E-state index contributed by atoms with van der Waals surface area (Å²) in [5.74, 6) is 0.122. The number of aromatic hydroxyl groups is 1. The molecule has 5 heteroatoms. The smallest absolute Gasteiger partial charge is 0.137 e. The summed E-state index contributed by atoms with van der Waals surface area (Å²) in [6.45, 7) is 1.80. The highest BCUT2D eigenvalue weighted by Gasteiger charge is 2.13. The fourth-order valence-corrected chi connectivity index (χ4v) is 4.25. The molecule has 3 rings (SSSR count). The number of rotatable bonds is 5. The van der Waals surface area contributed by atoms with Crippen molar-refractivity contribution in [3.8, 4) is 5.75 Å². The molecule has 1 N–H and O–H groups in total. The van der Waals surface area contributed by atoms with E-state index in [0.29, 0.717) is 22.0 Å². The first kappa shape index (κ1) is 19.4. The van der Waals surface area contributed by atoms with Crippen LogP contribution in [0.2, 0.25) is 15.1 Å². The fourth-order valence-electron chi connectivity index (χ4n) is 2.65. The summed E-state index contributed by atoms with van der Waals surface area (Å²) in [5, 5.41) is 11.9. The van der Waals surface area contributed by atoms with Gasteiger partial charge in [0.25, 0.3) is 0 Å². The van der Waals surface area contributed by atoms with Gasteiger partial charge in [-0.15, -0.1) is 0 Å². The van der Waals surface area contributed by atoms with Crippen LogP contribution in [0.5, 0.6) is 5.75 Å². The molecule has 0 unspecified atom stereocenters. The highest BCUT2D eigenvalue weighted by atomic mass is 35.5. The molecule has 134 valence electrons. The fraction of sp³-hybridized carbons (Fsp3) is 0.143. The van der Waals surface area contributed by atoms with E-state index >= 15 is 0 Å². The van der Waals surface area contributed by atoms with Crippen molar-refractivity contribution in [2.24, 2.45) is 0 Å². The molecule has 0 radical (unpaired) electrons. The van der Waals surface area contributed by atoms with Crippen LogP contribution in [-0.4, -0.2) is 5.11 Å². The van der Waals surface area contributed by atoms with Crippen LogP contribution in [-0.2, 0) is 12.8 Å². The molecule has 26 heavy (non-hydrogen) atoms. The molecule has 0 aromatic heterocycles. The maximum Gasteiger partial charge on any atom is 0.137 e. The molecule has 1 nitrogen and oxygen atoms in total. The highest BCUT2D eigenvalue weighted by molar-refractivity contribution is 7.99. The minimum absolute atomic E-state index is 0.122. The van der Waals surface area contributed by atoms with Crippen molar-refractivity contribution in [2.75, 3.05) is 0 Å². The Morgan fingerprint density at radius 3 is 2.27 bits per heavy atom. The monoisotopic (exact) mass is 422 g/mol. The van der Waals surface area contributed by atoms with Crippen LogP contribution < -0.4 is 0 Å². The summed E-state index contributed by atoms with van der Waals surface area (Å²) < 4.78 is 0. The number of halogens is 3. The number of aryl methyl sites for hydroxylation is 2. The molecule has 0 atom stereocenters. The number of phenolic OH excluding ortho intramolecular Hbond substituents is 1. The first-order chi connectivity index (χ1) is 12.5. The summed E-state index contributed by atoms with van der Waals surface area (Å²) >= 11 is 20.0. The Morgan fingerprint density at radius 1 is 0.885 bits per heavy atom. The molecule has 3 aromatic carbocycles. The number of hydrogen-bond donors (Lipinski definition) is 1. The summed E-state index contributed by atoms with van der Waals surface area (Å²) in [6.07, 6.45) is 1.43. The van der Waals surface area contributed by atoms with Crippen LogP contribution in [0.15, 0.2) is 64.4 Å². The average molecular weight is 424 g/mol. The van der Waals surface area contributed by atoms with Gasteiger partial charge in [-0.05, 0) is 72.9 Å². The second-order valence-corrected chi connectivity index (χ2v) is 8.31. The molecule has 0 bridgehead atoms. The van der Waals surface area contributed by atoms with Crippen LogP contribution >= 0.6 is 46.6 Å². The quantitative estimate of drug-likeness (QED) is 0.456. The zero-order valence-electron chi connectivity index (χ0n) is 14.1. The lowest BCUT2D eigenvalue weighted by Gasteiger charge is -2.12. The zero-order valence-corrected chi connectivity index (χ0v) is 17.2. The average Bonchev–Trinajstić information content (AvgIpc) is 2.65. The van der Waals surface area contributed by atoms with Gasteiger partial charge in [-0.25, -0.2) is 0 Å². The second-order valence-electron chi connectivity index (χ2n) is 5.97. The number of hydrogen-bond acceptors (Lipinski definition) is 2. The SMILES string of the molecule is Cc1c(Cl)cc(CCc2ccccc2Sc2ccc(Cl)cc2)c(O)c1Cl. The molecule has 0 amide bonds. The van der Waals surface area contributed by atoms with Crippen LogP contribution in [0, 0.1) is 6.92 Å².